The van der Waals surface area contributed by atoms with Crippen LogP contribution in [0.5, 0.6) is 0 Å². The Morgan fingerprint density at radius 2 is 1.71 bits per heavy atom. The molecule has 1 rings (SSSR count). The van der Waals surface area contributed by atoms with Crippen molar-refractivity contribution >= 4 is 15.9 Å². The van der Waals surface area contributed by atoms with Crippen LogP contribution in [0.15, 0.2) is 30.3 Å². The number of hydrogen-bond donors (Lipinski definition) is 0. The van der Waals surface area contributed by atoms with E-state index in [-0.39, 0.29) is 0 Å². The van der Waals surface area contributed by atoms with Crippen molar-refractivity contribution in [1.29, 1.82) is 0 Å². The summed E-state index contributed by atoms with van der Waals surface area (Å²) < 4.78 is 0. The Morgan fingerprint density at radius 1 is 1.12 bits per heavy atom. The predicted octanol–water partition coefficient (Wildman–Crippen LogP) is 4.29. The number of benzene rings is 1. The van der Waals surface area contributed by atoms with Crippen LogP contribution < -0.4 is 0 Å². The molecule has 1 atom stereocenters. The van der Waals surface area contributed by atoms with Crippen LogP contribution in [0.3, 0.4) is 0 Å². The van der Waals surface area contributed by atoms with E-state index in [0.717, 1.165) is 11.9 Å². The molecule has 1 aromatic rings. The lowest BCUT2D eigenvalue weighted by Crippen LogP contribution is -2.34. The van der Waals surface area contributed by atoms with Gasteiger partial charge < -0.3 is 4.90 Å². The van der Waals surface area contributed by atoms with Crippen molar-refractivity contribution in [2.24, 2.45) is 0 Å². The summed E-state index contributed by atoms with van der Waals surface area (Å²) in [6, 6.07) is 11.5. The first-order valence-electron chi connectivity index (χ1n) is 6.54. The SMILES string of the molecule is CCC(CC)N(C)CC(CBr)c1ccccc1. The zero-order valence-electron chi connectivity index (χ0n) is 11.2. The molecule has 0 N–H and O–H groups in total. The standard InChI is InChI=1S/C15H24BrN/c1-4-15(5-2)17(3)12-14(11-16)13-9-7-6-8-10-13/h6-10,14-15H,4-5,11-12H2,1-3H3. The fourth-order valence-corrected chi connectivity index (χ4v) is 2.96. The van der Waals surface area contributed by atoms with Crippen molar-refractivity contribution < 1.29 is 0 Å². The number of halogens is 1. The van der Waals surface area contributed by atoms with Gasteiger partial charge in [-0.3, -0.25) is 0 Å². The summed E-state index contributed by atoms with van der Waals surface area (Å²) in [6.45, 7) is 5.67. The zero-order chi connectivity index (χ0) is 12.7. The molecule has 1 nitrogen and oxygen atoms in total. The smallest absolute Gasteiger partial charge is 0.0112 e. The van der Waals surface area contributed by atoms with Gasteiger partial charge in [0.05, 0.1) is 0 Å². The summed E-state index contributed by atoms with van der Waals surface area (Å²) in [4.78, 5) is 2.50. The molecule has 0 radical (unpaired) electrons. The molecule has 0 bridgehead atoms. The summed E-state index contributed by atoms with van der Waals surface area (Å²) in [7, 11) is 2.25. The topological polar surface area (TPSA) is 3.24 Å². The molecule has 0 aromatic heterocycles. The van der Waals surface area contributed by atoms with E-state index in [4.69, 9.17) is 0 Å². The van der Waals surface area contributed by atoms with Crippen LogP contribution in [-0.4, -0.2) is 29.9 Å². The van der Waals surface area contributed by atoms with Gasteiger partial charge in [0.25, 0.3) is 0 Å². The third-order valence-corrected chi connectivity index (χ3v) is 4.31. The molecule has 0 aliphatic rings. The molecular formula is C15H24BrN. The third kappa shape index (κ3) is 4.44. The monoisotopic (exact) mass is 297 g/mol. The Bertz CT molecular complexity index is 295. The molecule has 0 saturated carbocycles. The fourth-order valence-electron chi connectivity index (χ4n) is 2.38. The Labute approximate surface area is 114 Å². The lowest BCUT2D eigenvalue weighted by Gasteiger charge is -2.29. The Kier molecular flexibility index (Phi) is 6.83. The molecule has 2 heteroatoms. The van der Waals surface area contributed by atoms with Crippen LogP contribution >= 0.6 is 15.9 Å². The molecular weight excluding hydrogens is 274 g/mol. The van der Waals surface area contributed by atoms with Gasteiger partial charge in [0, 0.05) is 23.8 Å². The van der Waals surface area contributed by atoms with Crippen LogP contribution in [0, 0.1) is 0 Å². The molecule has 0 aliphatic heterocycles. The van der Waals surface area contributed by atoms with Crippen molar-refractivity contribution in [3.8, 4) is 0 Å². The highest BCUT2D eigenvalue weighted by molar-refractivity contribution is 9.09. The van der Waals surface area contributed by atoms with Crippen molar-refractivity contribution in [2.75, 3.05) is 18.9 Å². The highest BCUT2D eigenvalue weighted by Gasteiger charge is 2.16. The molecule has 96 valence electrons. The minimum Gasteiger partial charge on any atom is -0.303 e. The van der Waals surface area contributed by atoms with E-state index >= 15 is 0 Å². The second kappa shape index (κ2) is 7.88. The van der Waals surface area contributed by atoms with Crippen LogP contribution in [0.4, 0.5) is 0 Å². The second-order valence-corrected chi connectivity index (χ2v) is 5.32. The largest absolute Gasteiger partial charge is 0.303 e. The summed E-state index contributed by atoms with van der Waals surface area (Å²) in [6.07, 6.45) is 2.47. The van der Waals surface area contributed by atoms with E-state index < -0.39 is 0 Å². The summed E-state index contributed by atoms with van der Waals surface area (Å²) in [5.41, 5.74) is 1.43. The predicted molar refractivity (Wildman–Crippen MR) is 80.0 cm³/mol. The van der Waals surface area contributed by atoms with Crippen molar-refractivity contribution in [3.05, 3.63) is 35.9 Å². The minimum absolute atomic E-state index is 0.585. The van der Waals surface area contributed by atoms with Crippen molar-refractivity contribution in [1.82, 2.24) is 4.90 Å². The van der Waals surface area contributed by atoms with E-state index in [9.17, 15) is 0 Å². The molecule has 0 heterocycles. The zero-order valence-corrected chi connectivity index (χ0v) is 12.8. The van der Waals surface area contributed by atoms with E-state index in [1.54, 1.807) is 0 Å². The molecule has 0 aliphatic carbocycles. The average Bonchev–Trinajstić information content (AvgIpc) is 2.38. The maximum Gasteiger partial charge on any atom is 0.0112 e. The van der Waals surface area contributed by atoms with E-state index in [2.05, 4.69) is 72.1 Å². The minimum atomic E-state index is 0.585. The molecule has 0 saturated heterocycles. The normalized spacial score (nSPS) is 13.3. The Hall–Kier alpha value is -0.340. The van der Waals surface area contributed by atoms with Crippen LogP contribution in [0.1, 0.15) is 38.2 Å². The van der Waals surface area contributed by atoms with Gasteiger partial charge in [0.1, 0.15) is 0 Å². The van der Waals surface area contributed by atoms with Gasteiger partial charge in [0.15, 0.2) is 0 Å². The summed E-state index contributed by atoms with van der Waals surface area (Å²) in [5, 5.41) is 1.03. The molecule has 0 fully saturated rings. The highest BCUT2D eigenvalue weighted by Crippen LogP contribution is 2.20. The fraction of sp³-hybridized carbons (Fsp3) is 0.600. The highest BCUT2D eigenvalue weighted by atomic mass is 79.9. The first kappa shape index (κ1) is 14.7. The van der Waals surface area contributed by atoms with Crippen molar-refractivity contribution in [2.45, 2.75) is 38.6 Å². The second-order valence-electron chi connectivity index (χ2n) is 4.67. The lowest BCUT2D eigenvalue weighted by atomic mass is 9.99. The summed E-state index contributed by atoms with van der Waals surface area (Å²) in [5.74, 6) is 0.585. The maximum absolute atomic E-state index is 3.65. The average molecular weight is 298 g/mol. The van der Waals surface area contributed by atoms with Crippen molar-refractivity contribution in [3.63, 3.8) is 0 Å². The lowest BCUT2D eigenvalue weighted by molar-refractivity contribution is 0.221. The van der Waals surface area contributed by atoms with Crippen LogP contribution in [-0.2, 0) is 0 Å². The number of nitrogens with zero attached hydrogens (tertiary/aromatic N) is 1. The molecule has 1 unspecified atom stereocenters. The van der Waals surface area contributed by atoms with Gasteiger partial charge in [-0.25, -0.2) is 0 Å². The van der Waals surface area contributed by atoms with Gasteiger partial charge >= 0.3 is 0 Å². The van der Waals surface area contributed by atoms with Gasteiger partial charge in [0.2, 0.25) is 0 Å². The Morgan fingerprint density at radius 3 is 2.18 bits per heavy atom. The van der Waals surface area contributed by atoms with Gasteiger partial charge in [-0.05, 0) is 25.5 Å². The van der Waals surface area contributed by atoms with E-state index in [1.165, 1.54) is 18.4 Å². The van der Waals surface area contributed by atoms with E-state index in [0.29, 0.717) is 12.0 Å². The quantitative estimate of drug-likeness (QED) is 0.679. The first-order chi connectivity index (χ1) is 8.22. The number of likely N-dealkylation sites (N-methyl/N-ethyl adjacent to an activating group) is 1. The third-order valence-electron chi connectivity index (χ3n) is 3.53. The molecule has 17 heavy (non-hydrogen) atoms. The number of alkyl halides is 1. The number of hydrogen-bond acceptors (Lipinski definition) is 1. The van der Waals surface area contributed by atoms with Crippen LogP contribution in [0.2, 0.25) is 0 Å². The molecule has 1 aromatic carbocycles. The first-order valence-corrected chi connectivity index (χ1v) is 7.66. The molecule has 0 spiro atoms. The number of rotatable bonds is 7. The Balaban J connectivity index is 2.64. The van der Waals surface area contributed by atoms with Gasteiger partial charge in [-0.15, -0.1) is 0 Å². The maximum atomic E-state index is 3.65. The van der Waals surface area contributed by atoms with Gasteiger partial charge in [-0.2, -0.15) is 0 Å². The van der Waals surface area contributed by atoms with Crippen LogP contribution in [0.25, 0.3) is 0 Å². The molecule has 0 amide bonds. The van der Waals surface area contributed by atoms with Gasteiger partial charge in [-0.1, -0.05) is 60.1 Å². The van der Waals surface area contributed by atoms with E-state index in [1.807, 2.05) is 0 Å². The summed E-state index contributed by atoms with van der Waals surface area (Å²) >= 11 is 3.65.